The first-order valence-corrected chi connectivity index (χ1v) is 7.02. The van der Waals surface area contributed by atoms with Gasteiger partial charge in [-0.1, -0.05) is 35.9 Å². The highest BCUT2D eigenvalue weighted by atomic mass is 35.5. The Morgan fingerprint density at radius 1 is 1.00 bits per heavy atom. The second kappa shape index (κ2) is 5.94. The third kappa shape index (κ3) is 2.72. The van der Waals surface area contributed by atoms with Gasteiger partial charge in [-0.2, -0.15) is 0 Å². The van der Waals surface area contributed by atoms with Crippen LogP contribution in [-0.4, -0.2) is 7.05 Å². The number of hydrogen-bond acceptors (Lipinski definition) is 1. The normalized spacial score (nSPS) is 12.5. The molecule has 0 spiro atoms. The van der Waals surface area contributed by atoms with Crippen molar-refractivity contribution in [2.24, 2.45) is 0 Å². The zero-order chi connectivity index (χ0) is 14.9. The highest BCUT2D eigenvalue weighted by Crippen LogP contribution is 2.32. The average molecular weight is 292 g/mol. The molecule has 1 atom stereocenters. The molecule has 1 N–H and O–H groups in total. The van der Waals surface area contributed by atoms with Crippen molar-refractivity contribution in [1.82, 2.24) is 5.32 Å². The van der Waals surface area contributed by atoms with Gasteiger partial charge in [0, 0.05) is 10.6 Å². The fourth-order valence-corrected chi connectivity index (χ4v) is 2.72. The van der Waals surface area contributed by atoms with Crippen molar-refractivity contribution in [3.8, 4) is 0 Å². The van der Waals surface area contributed by atoms with Gasteiger partial charge in [0.15, 0.2) is 0 Å². The van der Waals surface area contributed by atoms with E-state index in [1.165, 1.54) is 0 Å². The quantitative estimate of drug-likeness (QED) is 0.863. The smallest absolute Gasteiger partial charge is 0.131 e. The minimum atomic E-state index is -0.248. The molecule has 0 saturated heterocycles. The molecule has 2 aromatic carbocycles. The minimum absolute atomic E-state index is 0.179. The van der Waals surface area contributed by atoms with Gasteiger partial charge in [0.05, 0.1) is 6.04 Å². The van der Waals surface area contributed by atoms with Gasteiger partial charge in [-0.15, -0.1) is 0 Å². The summed E-state index contributed by atoms with van der Waals surface area (Å²) >= 11 is 6.35. The molecule has 0 aliphatic heterocycles. The molecule has 1 nitrogen and oxygen atoms in total. The summed E-state index contributed by atoms with van der Waals surface area (Å²) < 4.78 is 14.4. The van der Waals surface area contributed by atoms with Crippen LogP contribution in [0.25, 0.3) is 0 Å². The van der Waals surface area contributed by atoms with Crippen molar-refractivity contribution < 1.29 is 4.39 Å². The molecule has 0 fully saturated rings. The number of rotatable bonds is 3. The first-order valence-electron chi connectivity index (χ1n) is 6.64. The Labute approximate surface area is 124 Å². The topological polar surface area (TPSA) is 12.0 Å². The minimum Gasteiger partial charge on any atom is -0.309 e. The maximum absolute atomic E-state index is 14.4. The summed E-state index contributed by atoms with van der Waals surface area (Å²) in [5, 5.41) is 3.83. The molecule has 0 bridgehead atoms. The van der Waals surface area contributed by atoms with E-state index in [2.05, 4.69) is 5.32 Å². The molecule has 2 rings (SSSR count). The average Bonchev–Trinajstić information content (AvgIpc) is 2.41. The van der Waals surface area contributed by atoms with Crippen molar-refractivity contribution in [2.45, 2.75) is 26.8 Å². The zero-order valence-electron chi connectivity index (χ0n) is 12.2. The Bertz CT molecular complexity index is 637. The molecule has 2 aromatic rings. The lowest BCUT2D eigenvalue weighted by molar-refractivity contribution is 0.569. The van der Waals surface area contributed by atoms with E-state index in [4.69, 9.17) is 11.6 Å². The lowest BCUT2D eigenvalue weighted by atomic mass is 9.94. The molecule has 0 radical (unpaired) electrons. The molecule has 1 unspecified atom stereocenters. The summed E-state index contributed by atoms with van der Waals surface area (Å²) in [5.74, 6) is -0.179. The highest BCUT2D eigenvalue weighted by Gasteiger charge is 2.20. The van der Waals surface area contributed by atoms with Crippen LogP contribution in [0.5, 0.6) is 0 Å². The Morgan fingerprint density at radius 2 is 1.65 bits per heavy atom. The van der Waals surface area contributed by atoms with Crippen molar-refractivity contribution in [1.29, 1.82) is 0 Å². The number of benzene rings is 2. The lowest BCUT2D eigenvalue weighted by Crippen LogP contribution is -2.20. The molecule has 0 amide bonds. The van der Waals surface area contributed by atoms with E-state index in [-0.39, 0.29) is 11.9 Å². The van der Waals surface area contributed by atoms with E-state index in [1.54, 1.807) is 19.1 Å². The van der Waals surface area contributed by atoms with Gasteiger partial charge in [0.1, 0.15) is 5.82 Å². The SMILES string of the molecule is CNC(c1cc(C)c(C)cc1Cl)c1cccc(C)c1F. The van der Waals surface area contributed by atoms with Crippen LogP contribution in [0.4, 0.5) is 4.39 Å². The van der Waals surface area contributed by atoms with Crippen LogP contribution < -0.4 is 5.32 Å². The first-order chi connectivity index (χ1) is 9.45. The van der Waals surface area contributed by atoms with Gasteiger partial charge in [0.25, 0.3) is 0 Å². The molecular weight excluding hydrogens is 273 g/mol. The largest absolute Gasteiger partial charge is 0.309 e. The van der Waals surface area contributed by atoms with Gasteiger partial charge >= 0.3 is 0 Å². The fourth-order valence-electron chi connectivity index (χ4n) is 2.40. The van der Waals surface area contributed by atoms with E-state index in [0.717, 1.165) is 16.7 Å². The molecule has 0 aromatic heterocycles. The van der Waals surface area contributed by atoms with Crippen LogP contribution in [0, 0.1) is 26.6 Å². The van der Waals surface area contributed by atoms with Crippen LogP contribution in [-0.2, 0) is 0 Å². The summed E-state index contributed by atoms with van der Waals surface area (Å²) in [6.45, 7) is 5.83. The summed E-state index contributed by atoms with van der Waals surface area (Å²) in [6, 6.07) is 9.15. The maximum Gasteiger partial charge on any atom is 0.131 e. The molecule has 20 heavy (non-hydrogen) atoms. The predicted octanol–water partition coefficient (Wildman–Crippen LogP) is 4.71. The number of halogens is 2. The van der Waals surface area contributed by atoms with Crippen LogP contribution in [0.1, 0.15) is 33.9 Å². The van der Waals surface area contributed by atoms with E-state index in [1.807, 2.05) is 39.1 Å². The molecule has 0 aliphatic rings. The summed E-state index contributed by atoms with van der Waals surface area (Å²) in [7, 11) is 1.82. The van der Waals surface area contributed by atoms with E-state index in [9.17, 15) is 4.39 Å². The summed E-state index contributed by atoms with van der Waals surface area (Å²) in [6.07, 6.45) is 0. The monoisotopic (exact) mass is 291 g/mol. The Balaban J connectivity index is 2.58. The Morgan fingerprint density at radius 3 is 2.30 bits per heavy atom. The number of nitrogens with one attached hydrogen (secondary N) is 1. The van der Waals surface area contributed by atoms with E-state index in [0.29, 0.717) is 16.1 Å². The zero-order valence-corrected chi connectivity index (χ0v) is 13.0. The Hall–Kier alpha value is -1.38. The number of aryl methyl sites for hydroxylation is 3. The van der Waals surface area contributed by atoms with Crippen LogP contribution >= 0.6 is 11.6 Å². The fraction of sp³-hybridized carbons (Fsp3) is 0.294. The van der Waals surface area contributed by atoms with Gasteiger partial charge in [0.2, 0.25) is 0 Å². The highest BCUT2D eigenvalue weighted by molar-refractivity contribution is 6.31. The predicted molar refractivity (Wildman–Crippen MR) is 83.0 cm³/mol. The van der Waals surface area contributed by atoms with Crippen molar-refractivity contribution in [3.63, 3.8) is 0 Å². The molecule has 0 heterocycles. The van der Waals surface area contributed by atoms with E-state index >= 15 is 0 Å². The van der Waals surface area contributed by atoms with Crippen LogP contribution in [0.15, 0.2) is 30.3 Å². The van der Waals surface area contributed by atoms with Gasteiger partial charge in [-0.25, -0.2) is 4.39 Å². The summed E-state index contributed by atoms with van der Waals surface area (Å²) in [4.78, 5) is 0. The first kappa shape index (κ1) is 15.0. The lowest BCUT2D eigenvalue weighted by Gasteiger charge is -2.21. The van der Waals surface area contributed by atoms with Crippen LogP contribution in [0.2, 0.25) is 5.02 Å². The standard InChI is InChI=1S/C17H19ClFN/c1-10-6-5-7-13(16(10)19)17(20-4)14-8-11(2)12(3)9-15(14)18/h5-9,17,20H,1-4H3. The second-order valence-corrected chi connectivity index (χ2v) is 5.56. The number of hydrogen-bond donors (Lipinski definition) is 1. The molecule has 0 saturated carbocycles. The van der Waals surface area contributed by atoms with Gasteiger partial charge in [-0.05, 0) is 56.1 Å². The summed E-state index contributed by atoms with van der Waals surface area (Å²) in [5.41, 5.74) is 4.46. The molecule has 0 aliphatic carbocycles. The Kier molecular flexibility index (Phi) is 4.46. The van der Waals surface area contributed by atoms with Crippen molar-refractivity contribution >= 4 is 11.6 Å². The third-order valence-electron chi connectivity index (χ3n) is 3.75. The molecule has 106 valence electrons. The van der Waals surface area contributed by atoms with Crippen molar-refractivity contribution in [2.75, 3.05) is 7.05 Å². The second-order valence-electron chi connectivity index (χ2n) is 5.16. The van der Waals surface area contributed by atoms with Crippen LogP contribution in [0.3, 0.4) is 0 Å². The van der Waals surface area contributed by atoms with Gasteiger partial charge in [-0.3, -0.25) is 0 Å². The molecular formula is C17H19ClFN. The maximum atomic E-state index is 14.4. The van der Waals surface area contributed by atoms with Crippen molar-refractivity contribution in [3.05, 3.63) is 69.0 Å². The third-order valence-corrected chi connectivity index (χ3v) is 4.07. The molecule has 3 heteroatoms. The van der Waals surface area contributed by atoms with Gasteiger partial charge < -0.3 is 5.32 Å². The van der Waals surface area contributed by atoms with E-state index < -0.39 is 0 Å².